The highest BCUT2D eigenvalue weighted by atomic mass is 35.5. The number of nitrogens with one attached hydrogen (secondary N) is 1. The summed E-state index contributed by atoms with van der Waals surface area (Å²) in [5, 5.41) is 3.33. The lowest BCUT2D eigenvalue weighted by atomic mass is 9.81. The molecule has 0 aromatic heterocycles. The number of carbonyl (C=O) groups is 3. The summed E-state index contributed by atoms with van der Waals surface area (Å²) in [5.41, 5.74) is 1.60. The molecule has 5 nitrogen and oxygen atoms in total. The van der Waals surface area contributed by atoms with Gasteiger partial charge in [-0.25, -0.2) is 0 Å². The fourth-order valence-electron chi connectivity index (χ4n) is 5.19. The zero-order chi connectivity index (χ0) is 19.4. The number of nitrogens with zero attached hydrogens (tertiary/aromatic N) is 1. The molecular formula is C22H19ClN2O3. The summed E-state index contributed by atoms with van der Waals surface area (Å²) in [7, 11) is 0. The van der Waals surface area contributed by atoms with E-state index in [-0.39, 0.29) is 29.6 Å². The van der Waals surface area contributed by atoms with Crippen molar-refractivity contribution in [3.63, 3.8) is 0 Å². The molecule has 2 aliphatic carbocycles. The highest BCUT2D eigenvalue weighted by Crippen LogP contribution is 2.56. The van der Waals surface area contributed by atoms with Crippen molar-refractivity contribution in [2.24, 2.45) is 23.7 Å². The van der Waals surface area contributed by atoms with Crippen LogP contribution in [0.5, 0.6) is 0 Å². The van der Waals surface area contributed by atoms with Gasteiger partial charge in [-0.2, -0.15) is 0 Å². The van der Waals surface area contributed by atoms with E-state index in [1.54, 1.807) is 48.5 Å². The fraction of sp³-hybridized carbons (Fsp3) is 0.318. The molecule has 28 heavy (non-hydrogen) atoms. The van der Waals surface area contributed by atoms with Crippen LogP contribution in [0.25, 0.3) is 0 Å². The Kier molecular flexibility index (Phi) is 4.02. The minimum absolute atomic E-state index is 0.0710. The van der Waals surface area contributed by atoms with E-state index < -0.39 is 0 Å². The fourth-order valence-corrected chi connectivity index (χ4v) is 5.38. The number of hydrogen-bond donors (Lipinski definition) is 1. The molecule has 3 amide bonds. The van der Waals surface area contributed by atoms with Crippen molar-refractivity contribution < 1.29 is 14.4 Å². The van der Waals surface area contributed by atoms with Gasteiger partial charge in [0.15, 0.2) is 0 Å². The van der Waals surface area contributed by atoms with E-state index in [1.165, 1.54) is 4.90 Å². The summed E-state index contributed by atoms with van der Waals surface area (Å²) >= 11 is 5.94. The summed E-state index contributed by atoms with van der Waals surface area (Å²) in [4.78, 5) is 39.6. The molecule has 142 valence electrons. The van der Waals surface area contributed by atoms with Gasteiger partial charge in [-0.1, -0.05) is 17.7 Å². The molecule has 2 bridgehead atoms. The molecule has 0 radical (unpaired) electrons. The van der Waals surface area contributed by atoms with Gasteiger partial charge in [0.2, 0.25) is 11.8 Å². The molecule has 0 spiro atoms. The normalized spacial score (nSPS) is 28.0. The van der Waals surface area contributed by atoms with Gasteiger partial charge >= 0.3 is 0 Å². The Morgan fingerprint density at radius 1 is 0.964 bits per heavy atom. The summed E-state index contributed by atoms with van der Waals surface area (Å²) in [6.07, 6.45) is 3.13. The molecule has 2 aromatic carbocycles. The quantitative estimate of drug-likeness (QED) is 0.796. The van der Waals surface area contributed by atoms with Gasteiger partial charge in [0.1, 0.15) is 0 Å². The summed E-state index contributed by atoms with van der Waals surface area (Å²) in [5.74, 6) is 0.0203. The number of anilines is 2. The molecule has 1 N–H and O–H groups in total. The standard InChI is InChI=1S/C22H19ClN2O3/c23-15-2-1-3-16(11-15)24-20(26)12-6-8-17(9-7-12)25-21(27)18-13-4-5-14(10-13)19(18)22(25)28/h1-3,6-9,11,13-14,18-19H,4-5,10H2,(H,24,26)/t13-,14-,18+,19+/m0/s1. The van der Waals surface area contributed by atoms with Crippen LogP contribution in [0.1, 0.15) is 29.6 Å². The first-order valence-electron chi connectivity index (χ1n) is 9.58. The molecule has 4 atom stereocenters. The number of fused-ring (bicyclic) bond motifs is 5. The second-order valence-corrected chi connectivity index (χ2v) is 8.34. The third kappa shape index (κ3) is 2.65. The molecule has 5 rings (SSSR count). The highest BCUT2D eigenvalue weighted by Gasteiger charge is 2.61. The predicted octanol–water partition coefficient (Wildman–Crippen LogP) is 4.13. The SMILES string of the molecule is O=C(Nc1cccc(Cl)c1)c1ccc(N2C(=O)[C@@H]3[C@H]4CC[C@@H](C4)[C@H]3C2=O)cc1. The molecule has 6 heteroatoms. The Balaban J connectivity index is 1.35. The van der Waals surface area contributed by atoms with Crippen LogP contribution in [0.4, 0.5) is 11.4 Å². The Hall–Kier alpha value is -2.66. The average Bonchev–Trinajstić information content (AvgIpc) is 3.36. The maximum absolute atomic E-state index is 12.9. The van der Waals surface area contributed by atoms with Crippen LogP contribution >= 0.6 is 11.6 Å². The molecule has 1 aliphatic heterocycles. The van der Waals surface area contributed by atoms with Crippen LogP contribution in [-0.2, 0) is 9.59 Å². The van der Waals surface area contributed by atoms with Crippen molar-refractivity contribution in [1.29, 1.82) is 0 Å². The van der Waals surface area contributed by atoms with Crippen LogP contribution in [-0.4, -0.2) is 17.7 Å². The minimum atomic E-state index is -0.275. The molecule has 2 aromatic rings. The third-order valence-electron chi connectivity index (χ3n) is 6.40. The molecule has 1 saturated heterocycles. The van der Waals surface area contributed by atoms with Crippen molar-refractivity contribution in [2.45, 2.75) is 19.3 Å². The van der Waals surface area contributed by atoms with E-state index in [2.05, 4.69) is 5.32 Å². The molecular weight excluding hydrogens is 376 g/mol. The number of halogens is 1. The number of imide groups is 1. The summed E-state index contributed by atoms with van der Waals surface area (Å²) in [6.45, 7) is 0. The molecule has 3 fully saturated rings. The molecule has 2 saturated carbocycles. The van der Waals surface area contributed by atoms with Gasteiger partial charge in [0.05, 0.1) is 17.5 Å². The lowest BCUT2D eigenvalue weighted by Gasteiger charge is -2.19. The second-order valence-electron chi connectivity index (χ2n) is 7.91. The van der Waals surface area contributed by atoms with Crippen molar-refractivity contribution in [3.8, 4) is 0 Å². The van der Waals surface area contributed by atoms with E-state index in [1.807, 2.05) is 0 Å². The van der Waals surface area contributed by atoms with Gasteiger partial charge in [-0.3, -0.25) is 19.3 Å². The third-order valence-corrected chi connectivity index (χ3v) is 6.63. The van der Waals surface area contributed by atoms with Gasteiger partial charge in [0.25, 0.3) is 5.91 Å². The largest absolute Gasteiger partial charge is 0.322 e. The zero-order valence-corrected chi connectivity index (χ0v) is 15.9. The van der Waals surface area contributed by atoms with Crippen LogP contribution in [0.15, 0.2) is 48.5 Å². The van der Waals surface area contributed by atoms with E-state index in [4.69, 9.17) is 11.6 Å². The lowest BCUT2D eigenvalue weighted by molar-refractivity contribution is -0.123. The van der Waals surface area contributed by atoms with Crippen LogP contribution in [0, 0.1) is 23.7 Å². The summed E-state index contributed by atoms with van der Waals surface area (Å²) < 4.78 is 0. The maximum Gasteiger partial charge on any atom is 0.255 e. The van der Waals surface area contributed by atoms with Crippen molar-refractivity contribution in [2.75, 3.05) is 10.2 Å². The van der Waals surface area contributed by atoms with E-state index in [0.717, 1.165) is 19.3 Å². The first-order valence-corrected chi connectivity index (χ1v) is 9.95. The Morgan fingerprint density at radius 3 is 2.21 bits per heavy atom. The predicted molar refractivity (Wildman–Crippen MR) is 106 cm³/mol. The van der Waals surface area contributed by atoms with Crippen molar-refractivity contribution in [3.05, 3.63) is 59.1 Å². The van der Waals surface area contributed by atoms with Gasteiger partial charge in [-0.05, 0) is 73.6 Å². The van der Waals surface area contributed by atoms with E-state index >= 15 is 0 Å². The van der Waals surface area contributed by atoms with E-state index in [9.17, 15) is 14.4 Å². The van der Waals surface area contributed by atoms with Gasteiger partial charge in [0, 0.05) is 16.3 Å². The smallest absolute Gasteiger partial charge is 0.255 e. The first-order chi connectivity index (χ1) is 13.5. The maximum atomic E-state index is 12.9. The van der Waals surface area contributed by atoms with Gasteiger partial charge in [-0.15, -0.1) is 0 Å². The van der Waals surface area contributed by atoms with Gasteiger partial charge < -0.3 is 5.32 Å². The van der Waals surface area contributed by atoms with E-state index in [0.29, 0.717) is 33.8 Å². The number of amides is 3. The summed E-state index contributed by atoms with van der Waals surface area (Å²) in [6, 6.07) is 13.5. The Bertz CT molecular complexity index is 960. The van der Waals surface area contributed by atoms with Crippen LogP contribution in [0.3, 0.4) is 0 Å². The Labute approximate surface area is 167 Å². The topological polar surface area (TPSA) is 66.5 Å². The zero-order valence-electron chi connectivity index (χ0n) is 15.1. The number of carbonyl (C=O) groups excluding carboxylic acids is 3. The second kappa shape index (κ2) is 6.45. The number of rotatable bonds is 3. The number of hydrogen-bond acceptors (Lipinski definition) is 3. The van der Waals surface area contributed by atoms with Crippen LogP contribution in [0.2, 0.25) is 5.02 Å². The molecule has 3 aliphatic rings. The van der Waals surface area contributed by atoms with Crippen molar-refractivity contribution >= 4 is 40.7 Å². The first kappa shape index (κ1) is 17.4. The molecule has 0 unspecified atom stereocenters. The average molecular weight is 395 g/mol. The minimum Gasteiger partial charge on any atom is -0.322 e. The lowest BCUT2D eigenvalue weighted by Crippen LogP contribution is -2.32. The number of benzene rings is 2. The van der Waals surface area contributed by atoms with Crippen molar-refractivity contribution in [1.82, 2.24) is 0 Å². The highest BCUT2D eigenvalue weighted by molar-refractivity contribution is 6.31. The molecule has 1 heterocycles. The monoisotopic (exact) mass is 394 g/mol. The Morgan fingerprint density at radius 2 is 1.61 bits per heavy atom. The van der Waals surface area contributed by atoms with Crippen LogP contribution < -0.4 is 10.2 Å².